The van der Waals surface area contributed by atoms with Crippen molar-refractivity contribution in [2.45, 2.75) is 0 Å². The van der Waals surface area contributed by atoms with Crippen molar-refractivity contribution >= 4 is 5.97 Å². The predicted molar refractivity (Wildman–Crippen MR) is 81.8 cm³/mol. The first-order valence-corrected chi connectivity index (χ1v) is 6.41. The summed E-state index contributed by atoms with van der Waals surface area (Å²) in [6.07, 6.45) is 0. The zero-order valence-corrected chi connectivity index (χ0v) is 14.0. The minimum atomic E-state index is -0.935. The molecule has 0 aliphatic carbocycles. The molecule has 0 bridgehead atoms. The first kappa shape index (κ1) is 17.8. The second-order valence-corrected chi connectivity index (χ2v) is 4.13. The smallest absolute Gasteiger partial charge is 0.521 e. The Labute approximate surface area is 143 Å². The number of carboxylic acids is 1. The van der Waals surface area contributed by atoms with Crippen molar-refractivity contribution in [3.63, 3.8) is 0 Å². The van der Waals surface area contributed by atoms with Crippen molar-refractivity contribution in [2.24, 2.45) is 0 Å². The average Bonchev–Trinajstić information content (AvgIpc) is 2.58. The van der Waals surface area contributed by atoms with Crippen molar-refractivity contribution in [3.05, 3.63) is 96.6 Å². The predicted octanol–water partition coefficient (Wildman–Crippen LogP) is 4.14. The number of hydrogen-bond donors (Lipinski definition) is 1. The van der Waals surface area contributed by atoms with Gasteiger partial charge in [-0.1, -0.05) is 5.56 Å². The molecular weight excluding hydrogens is 452 g/mol. The van der Waals surface area contributed by atoms with Crippen LogP contribution in [-0.2, 0) is 20.1 Å². The minimum absolute atomic E-state index is 0. The van der Waals surface area contributed by atoms with Gasteiger partial charge in [0.2, 0.25) is 5.97 Å². The second-order valence-electron chi connectivity index (χ2n) is 4.13. The van der Waals surface area contributed by atoms with Crippen LogP contribution in [0.2, 0.25) is 0 Å². The molecule has 0 spiro atoms. The van der Waals surface area contributed by atoms with E-state index in [9.17, 15) is 4.79 Å². The van der Waals surface area contributed by atoms with Crippen LogP contribution in [0.3, 0.4) is 0 Å². The average molecular weight is 466 g/mol. The summed E-state index contributed by atoms with van der Waals surface area (Å²) in [5, 5.41) is 8.35. The van der Waals surface area contributed by atoms with Crippen molar-refractivity contribution in [1.82, 2.24) is 0 Å². The van der Waals surface area contributed by atoms with Crippen molar-refractivity contribution in [1.29, 1.82) is 0 Å². The summed E-state index contributed by atoms with van der Waals surface area (Å²) >= 11 is 0. The van der Waals surface area contributed by atoms with Gasteiger partial charge in [0, 0.05) is 0 Å². The molecule has 0 aromatic heterocycles. The van der Waals surface area contributed by atoms with Gasteiger partial charge in [0.15, 0.2) is 0 Å². The zero-order valence-electron chi connectivity index (χ0n) is 11.6. The largest absolute Gasteiger partial charge is 3.00 e. The summed E-state index contributed by atoms with van der Waals surface area (Å²) in [5.41, 5.74) is 2.40. The molecule has 3 rings (SSSR count). The van der Waals surface area contributed by atoms with E-state index in [0.29, 0.717) is 0 Å². The summed E-state index contributed by atoms with van der Waals surface area (Å²) in [6, 6.07) is 31.2. The molecule has 0 saturated heterocycles. The normalized spacial score (nSPS) is 8.91. The van der Waals surface area contributed by atoms with Crippen LogP contribution in [0.15, 0.2) is 72.8 Å². The van der Waals surface area contributed by atoms with E-state index in [-0.39, 0.29) is 25.7 Å². The van der Waals surface area contributed by atoms with Crippen LogP contribution in [0.4, 0.5) is 0 Å². The van der Waals surface area contributed by atoms with E-state index < -0.39 is 5.97 Å². The molecule has 2 nitrogen and oxygen atoms in total. The van der Waals surface area contributed by atoms with E-state index in [1.54, 1.807) is 18.2 Å². The fourth-order valence-electron chi connectivity index (χ4n) is 1.65. The quantitative estimate of drug-likeness (QED) is 0.578. The van der Waals surface area contributed by atoms with Gasteiger partial charge in [0.1, 0.15) is 0 Å². The molecule has 3 heteroatoms. The Balaban J connectivity index is 0.000000219. The molecule has 110 valence electrons. The van der Waals surface area contributed by atoms with Gasteiger partial charge in [-0.15, -0.1) is 42.5 Å². The zero-order chi connectivity index (χ0) is 14.9. The number of carbonyl (C=O) groups is 1. The van der Waals surface area contributed by atoms with Crippen molar-refractivity contribution < 1.29 is 30.0 Å². The Hall–Kier alpha value is -2.22. The molecule has 1 N–H and O–H groups in total. The number of benzene rings is 3. The van der Waals surface area contributed by atoms with Gasteiger partial charge in [-0.3, -0.25) is 0 Å². The van der Waals surface area contributed by atoms with Gasteiger partial charge in [0.05, 0.1) is 0 Å². The number of aromatic carboxylic acids is 1. The standard InChI is InChI=1S/C12H8.C7H5O2.Ir/c1-3-7-11(8-4-1)12-9-5-2-6-10-12;8-7(9)6-4-2-1-3-5-6;/h1-7,9H;1-4H,(H,8,9);/q-2;-1;+3. The summed E-state index contributed by atoms with van der Waals surface area (Å²) < 4.78 is 0. The summed E-state index contributed by atoms with van der Waals surface area (Å²) in [4.78, 5) is 10.2. The first-order valence-electron chi connectivity index (χ1n) is 6.41. The molecule has 0 aliphatic heterocycles. The molecule has 0 heterocycles. The summed E-state index contributed by atoms with van der Waals surface area (Å²) in [7, 11) is 0. The van der Waals surface area contributed by atoms with Crippen molar-refractivity contribution in [2.75, 3.05) is 0 Å². The molecule has 0 atom stereocenters. The van der Waals surface area contributed by atoms with E-state index in [4.69, 9.17) is 5.11 Å². The van der Waals surface area contributed by atoms with Crippen LogP contribution < -0.4 is 0 Å². The molecule has 0 fully saturated rings. The molecule has 0 aliphatic rings. The van der Waals surface area contributed by atoms with Crippen LogP contribution in [-0.4, -0.2) is 11.1 Å². The van der Waals surface area contributed by atoms with Gasteiger partial charge in [-0.25, -0.2) is 11.1 Å². The molecule has 0 amide bonds. The fourth-order valence-corrected chi connectivity index (χ4v) is 1.65. The third-order valence-electron chi connectivity index (χ3n) is 2.65. The molecule has 0 saturated carbocycles. The second kappa shape index (κ2) is 9.67. The molecular formula is C19H13IrO2. The number of carboxylic acid groups (broad SMARTS) is 1. The van der Waals surface area contributed by atoms with Crippen molar-refractivity contribution in [3.8, 4) is 11.1 Å². The summed E-state index contributed by atoms with van der Waals surface area (Å²) in [6.45, 7) is 0. The van der Waals surface area contributed by atoms with Crippen LogP contribution >= 0.6 is 0 Å². The molecule has 3 aromatic carbocycles. The topological polar surface area (TPSA) is 37.3 Å². The minimum Gasteiger partial charge on any atom is -0.521 e. The Morgan fingerprint density at radius 3 is 1.45 bits per heavy atom. The maximum Gasteiger partial charge on any atom is 3.00 e. The van der Waals surface area contributed by atoms with Crippen LogP contribution in [0.1, 0.15) is 10.4 Å². The van der Waals surface area contributed by atoms with E-state index in [1.165, 1.54) is 6.07 Å². The SMILES string of the molecule is O=C(O)c1[c-]cccc1.[Ir+3].[c-]1ccccc1-c1[c-]cccc1. The van der Waals surface area contributed by atoms with Crippen LogP contribution in [0.5, 0.6) is 0 Å². The number of hydrogen-bond acceptors (Lipinski definition) is 1. The van der Waals surface area contributed by atoms with Gasteiger partial charge < -0.3 is 9.90 Å². The van der Waals surface area contributed by atoms with Crippen LogP contribution in [0.25, 0.3) is 11.1 Å². The van der Waals surface area contributed by atoms with Gasteiger partial charge in [-0.2, -0.15) is 48.5 Å². The maximum atomic E-state index is 10.2. The van der Waals surface area contributed by atoms with Gasteiger partial charge >= 0.3 is 20.1 Å². The number of rotatable bonds is 2. The van der Waals surface area contributed by atoms with E-state index >= 15 is 0 Å². The Morgan fingerprint density at radius 2 is 1.18 bits per heavy atom. The summed E-state index contributed by atoms with van der Waals surface area (Å²) in [5.74, 6) is -0.935. The van der Waals surface area contributed by atoms with E-state index in [1.807, 2.05) is 48.5 Å². The molecule has 3 aromatic rings. The molecule has 0 unspecified atom stereocenters. The van der Waals surface area contributed by atoms with Crippen LogP contribution in [0, 0.1) is 18.2 Å². The Morgan fingerprint density at radius 1 is 0.727 bits per heavy atom. The Kier molecular flexibility index (Phi) is 7.84. The third-order valence-corrected chi connectivity index (χ3v) is 2.65. The fraction of sp³-hybridized carbons (Fsp3) is 0. The van der Waals surface area contributed by atoms with Gasteiger partial charge in [0.25, 0.3) is 0 Å². The first-order chi connectivity index (χ1) is 10.3. The monoisotopic (exact) mass is 466 g/mol. The maximum absolute atomic E-state index is 10.2. The van der Waals surface area contributed by atoms with E-state index in [2.05, 4.69) is 18.2 Å². The Bertz CT molecular complexity index is 630. The third kappa shape index (κ3) is 5.64. The van der Waals surface area contributed by atoms with E-state index in [0.717, 1.165) is 11.1 Å². The molecule has 22 heavy (non-hydrogen) atoms. The van der Waals surface area contributed by atoms with Gasteiger partial charge in [-0.05, 0) is 0 Å². The molecule has 0 radical (unpaired) electrons.